The van der Waals surface area contributed by atoms with Crippen LogP contribution in [-0.2, 0) is 17.6 Å². The van der Waals surface area contributed by atoms with Gasteiger partial charge in [-0.2, -0.15) is 0 Å². The van der Waals surface area contributed by atoms with Gasteiger partial charge in [0.15, 0.2) is 11.5 Å². The van der Waals surface area contributed by atoms with Crippen LogP contribution in [-0.4, -0.2) is 47.6 Å². The van der Waals surface area contributed by atoms with E-state index in [1.165, 1.54) is 0 Å². The topological polar surface area (TPSA) is 64.5 Å². The summed E-state index contributed by atoms with van der Waals surface area (Å²) >= 11 is 0. The van der Waals surface area contributed by atoms with Crippen molar-refractivity contribution in [3.63, 3.8) is 0 Å². The van der Waals surface area contributed by atoms with Crippen LogP contribution in [0.15, 0.2) is 73.1 Å². The maximum Gasteiger partial charge on any atom is 0.246 e. The highest BCUT2D eigenvalue weighted by molar-refractivity contribution is 5.91. The minimum Gasteiger partial charge on any atom is -0.493 e. The van der Waals surface area contributed by atoms with E-state index < -0.39 is 0 Å². The summed E-state index contributed by atoms with van der Waals surface area (Å²) in [7, 11) is 1.63. The zero-order chi connectivity index (χ0) is 24.7. The lowest BCUT2D eigenvalue weighted by Gasteiger charge is -2.21. The molecule has 0 radical (unpaired) electrons. The Balaban J connectivity index is 1.67. The third kappa shape index (κ3) is 8.89. The Morgan fingerprint density at radius 1 is 0.914 bits per heavy atom. The number of unbranched alkanes of at least 4 members (excludes halogenated alkanes) is 2. The summed E-state index contributed by atoms with van der Waals surface area (Å²) < 4.78 is 11.4. The number of hydrogen-bond acceptors (Lipinski definition) is 5. The van der Waals surface area contributed by atoms with E-state index in [0.717, 1.165) is 36.2 Å². The van der Waals surface area contributed by atoms with Gasteiger partial charge in [-0.05, 0) is 54.5 Å². The molecule has 0 aliphatic rings. The lowest BCUT2D eigenvalue weighted by Crippen LogP contribution is -2.33. The number of ether oxygens (including phenoxy) is 2. The molecule has 184 valence electrons. The molecule has 0 aliphatic heterocycles. The number of amides is 1. The van der Waals surface area contributed by atoms with Crippen molar-refractivity contribution in [2.24, 2.45) is 0 Å². The second kappa shape index (κ2) is 14.6. The van der Waals surface area contributed by atoms with Crippen LogP contribution < -0.4 is 9.47 Å². The van der Waals surface area contributed by atoms with Crippen molar-refractivity contribution in [3.05, 3.63) is 90.0 Å². The largest absolute Gasteiger partial charge is 0.493 e. The third-order valence-corrected chi connectivity index (χ3v) is 5.65. The lowest BCUT2D eigenvalue weighted by molar-refractivity contribution is -0.125. The summed E-state index contributed by atoms with van der Waals surface area (Å²) in [6.45, 7) is 3.98. The molecule has 2 heterocycles. The predicted octanol–water partition coefficient (Wildman–Crippen LogP) is 5.38. The van der Waals surface area contributed by atoms with Crippen molar-refractivity contribution in [2.45, 2.75) is 39.0 Å². The van der Waals surface area contributed by atoms with Gasteiger partial charge in [0.1, 0.15) is 0 Å². The van der Waals surface area contributed by atoms with Crippen LogP contribution in [0.1, 0.15) is 43.1 Å². The molecule has 6 nitrogen and oxygen atoms in total. The zero-order valence-electron chi connectivity index (χ0n) is 20.7. The number of rotatable bonds is 14. The molecular formula is C29H35N3O3. The molecule has 0 atom stereocenters. The molecule has 3 aromatic rings. The summed E-state index contributed by atoms with van der Waals surface area (Å²) in [5.74, 6) is 1.34. The highest BCUT2D eigenvalue weighted by Crippen LogP contribution is 2.29. The van der Waals surface area contributed by atoms with Gasteiger partial charge in [0.25, 0.3) is 0 Å². The van der Waals surface area contributed by atoms with E-state index in [1.54, 1.807) is 25.6 Å². The summed E-state index contributed by atoms with van der Waals surface area (Å²) in [6, 6.07) is 17.4. The molecule has 0 unspecified atom stereocenters. The van der Waals surface area contributed by atoms with E-state index in [9.17, 15) is 4.79 Å². The number of hydrogen-bond donors (Lipinski definition) is 0. The fourth-order valence-corrected chi connectivity index (χ4v) is 3.64. The average molecular weight is 474 g/mol. The SMILES string of the molecule is CCCCCOc1cc(C=CC(=O)N(CCc2ccccn2)CCc2ccccn2)ccc1OC. The number of aromatic nitrogens is 2. The normalized spacial score (nSPS) is 10.9. The first-order valence-electron chi connectivity index (χ1n) is 12.3. The van der Waals surface area contributed by atoms with Crippen molar-refractivity contribution < 1.29 is 14.3 Å². The number of benzene rings is 1. The molecule has 0 saturated heterocycles. The Morgan fingerprint density at radius 2 is 1.60 bits per heavy atom. The molecule has 3 rings (SSSR count). The van der Waals surface area contributed by atoms with Crippen LogP contribution in [0.2, 0.25) is 0 Å². The van der Waals surface area contributed by atoms with Crippen LogP contribution in [0.3, 0.4) is 0 Å². The van der Waals surface area contributed by atoms with E-state index in [4.69, 9.17) is 9.47 Å². The third-order valence-electron chi connectivity index (χ3n) is 5.65. The molecule has 0 bridgehead atoms. The van der Waals surface area contributed by atoms with Gasteiger partial charge in [-0.25, -0.2) is 0 Å². The molecule has 6 heteroatoms. The summed E-state index contributed by atoms with van der Waals surface area (Å²) in [6.07, 6.45) is 11.7. The van der Waals surface area contributed by atoms with Crippen molar-refractivity contribution in [3.8, 4) is 11.5 Å². The number of carbonyl (C=O) groups is 1. The highest BCUT2D eigenvalue weighted by Gasteiger charge is 2.12. The van der Waals surface area contributed by atoms with Crippen LogP contribution >= 0.6 is 0 Å². The van der Waals surface area contributed by atoms with E-state index >= 15 is 0 Å². The highest BCUT2D eigenvalue weighted by atomic mass is 16.5. The van der Waals surface area contributed by atoms with Gasteiger partial charge in [-0.3, -0.25) is 14.8 Å². The minimum absolute atomic E-state index is 0.0434. The molecule has 0 fully saturated rings. The van der Waals surface area contributed by atoms with E-state index in [-0.39, 0.29) is 5.91 Å². The zero-order valence-corrected chi connectivity index (χ0v) is 20.7. The molecule has 2 aromatic heterocycles. The van der Waals surface area contributed by atoms with E-state index in [1.807, 2.05) is 65.6 Å². The number of methoxy groups -OCH3 is 1. The Labute approximate surface area is 208 Å². The van der Waals surface area contributed by atoms with Crippen LogP contribution in [0, 0.1) is 0 Å². The van der Waals surface area contributed by atoms with Crippen LogP contribution in [0.4, 0.5) is 0 Å². The minimum atomic E-state index is -0.0434. The number of pyridine rings is 2. The second-order valence-electron chi connectivity index (χ2n) is 8.27. The van der Waals surface area contributed by atoms with Gasteiger partial charge in [0, 0.05) is 55.8 Å². The van der Waals surface area contributed by atoms with Crippen LogP contribution in [0.25, 0.3) is 6.08 Å². The maximum atomic E-state index is 13.2. The average Bonchev–Trinajstić information content (AvgIpc) is 2.91. The molecule has 0 spiro atoms. The summed E-state index contributed by atoms with van der Waals surface area (Å²) in [5, 5.41) is 0. The fourth-order valence-electron chi connectivity index (χ4n) is 3.64. The summed E-state index contributed by atoms with van der Waals surface area (Å²) in [4.78, 5) is 23.8. The van der Waals surface area contributed by atoms with E-state index in [0.29, 0.717) is 44.0 Å². The smallest absolute Gasteiger partial charge is 0.246 e. The Morgan fingerprint density at radius 3 is 2.17 bits per heavy atom. The number of carbonyl (C=O) groups excluding carboxylic acids is 1. The molecule has 35 heavy (non-hydrogen) atoms. The van der Waals surface area contributed by atoms with Gasteiger partial charge in [-0.1, -0.05) is 38.0 Å². The first kappa shape index (κ1) is 25.9. The Kier molecular flexibility index (Phi) is 10.8. The first-order valence-corrected chi connectivity index (χ1v) is 12.3. The lowest BCUT2D eigenvalue weighted by atomic mass is 10.1. The van der Waals surface area contributed by atoms with Gasteiger partial charge < -0.3 is 14.4 Å². The Bertz CT molecular complexity index is 1010. The standard InChI is InChI=1S/C29H35N3O3/c1-3-4-9-22-35-28-23-24(12-14-27(28)34-2)13-15-29(33)32(20-16-25-10-5-7-18-30-25)21-17-26-11-6-8-19-31-26/h5-8,10-15,18-19,23H,3-4,9,16-17,20-22H2,1-2H3. The Hall–Kier alpha value is -3.67. The maximum absolute atomic E-state index is 13.2. The van der Waals surface area contributed by atoms with Crippen LogP contribution in [0.5, 0.6) is 11.5 Å². The van der Waals surface area contributed by atoms with Gasteiger partial charge in [0.2, 0.25) is 5.91 Å². The molecule has 0 saturated carbocycles. The molecular weight excluding hydrogens is 438 g/mol. The quantitative estimate of drug-likeness (QED) is 0.232. The first-order chi connectivity index (χ1) is 17.2. The predicted molar refractivity (Wildman–Crippen MR) is 140 cm³/mol. The monoisotopic (exact) mass is 473 g/mol. The summed E-state index contributed by atoms with van der Waals surface area (Å²) in [5.41, 5.74) is 2.82. The molecule has 1 aromatic carbocycles. The molecule has 0 N–H and O–H groups in total. The molecule has 1 amide bonds. The van der Waals surface area contributed by atoms with Crippen molar-refractivity contribution in [1.29, 1.82) is 0 Å². The van der Waals surface area contributed by atoms with E-state index in [2.05, 4.69) is 16.9 Å². The van der Waals surface area contributed by atoms with Crippen molar-refractivity contribution in [2.75, 3.05) is 26.8 Å². The molecule has 0 aliphatic carbocycles. The van der Waals surface area contributed by atoms with Gasteiger partial charge in [0.05, 0.1) is 13.7 Å². The van der Waals surface area contributed by atoms with Gasteiger partial charge in [-0.15, -0.1) is 0 Å². The fraction of sp³-hybridized carbons (Fsp3) is 0.345. The van der Waals surface area contributed by atoms with Crippen molar-refractivity contribution in [1.82, 2.24) is 14.9 Å². The number of nitrogens with zero attached hydrogens (tertiary/aromatic N) is 3. The van der Waals surface area contributed by atoms with Crippen molar-refractivity contribution >= 4 is 12.0 Å². The van der Waals surface area contributed by atoms with Gasteiger partial charge >= 0.3 is 0 Å². The second-order valence-corrected chi connectivity index (χ2v) is 8.27.